The standard InChI is InChI=1S/C15H22F2N2O.ClH/c1-10-6-13(9-19-5-4-18-12(3)8-19)14(7-11(10)2)20-15(16)17;/h6-7,12,15,18H,4-5,8-9H2,1-3H3;1H/t12-;/m0./s1. The molecule has 1 aromatic rings. The highest BCUT2D eigenvalue weighted by Crippen LogP contribution is 2.26. The highest BCUT2D eigenvalue weighted by molar-refractivity contribution is 5.85. The number of nitrogens with zero attached hydrogens (tertiary/aromatic N) is 1. The molecule has 0 amide bonds. The van der Waals surface area contributed by atoms with Crippen molar-refractivity contribution in [3.05, 3.63) is 28.8 Å². The summed E-state index contributed by atoms with van der Waals surface area (Å²) in [6.45, 7) is 6.66. The van der Waals surface area contributed by atoms with Crippen molar-refractivity contribution in [1.82, 2.24) is 10.2 Å². The molecule has 1 fully saturated rings. The normalized spacial score (nSPS) is 19.4. The van der Waals surface area contributed by atoms with Gasteiger partial charge in [0.05, 0.1) is 0 Å². The fraction of sp³-hybridized carbons (Fsp3) is 0.600. The first-order chi connectivity index (χ1) is 9.45. The van der Waals surface area contributed by atoms with Crippen molar-refractivity contribution in [2.24, 2.45) is 0 Å². The lowest BCUT2D eigenvalue weighted by Crippen LogP contribution is -2.48. The highest BCUT2D eigenvalue weighted by atomic mass is 35.5. The first kappa shape index (κ1) is 18.1. The van der Waals surface area contributed by atoms with Gasteiger partial charge in [0.1, 0.15) is 5.75 Å². The van der Waals surface area contributed by atoms with E-state index in [0.717, 1.165) is 36.3 Å². The Morgan fingerprint density at radius 3 is 2.62 bits per heavy atom. The summed E-state index contributed by atoms with van der Waals surface area (Å²) >= 11 is 0. The van der Waals surface area contributed by atoms with Gasteiger partial charge in [-0.3, -0.25) is 4.90 Å². The molecule has 0 aliphatic carbocycles. The molecule has 1 atom stereocenters. The maximum absolute atomic E-state index is 12.5. The van der Waals surface area contributed by atoms with Crippen LogP contribution in [0.5, 0.6) is 5.75 Å². The van der Waals surface area contributed by atoms with Crippen LogP contribution in [-0.2, 0) is 6.54 Å². The number of piperazine rings is 1. The molecule has 6 heteroatoms. The predicted octanol–water partition coefficient (Wildman–Crippen LogP) is 3.12. The second-order valence-electron chi connectivity index (χ2n) is 5.51. The van der Waals surface area contributed by atoms with Gasteiger partial charge in [0.25, 0.3) is 0 Å². The Labute approximate surface area is 131 Å². The topological polar surface area (TPSA) is 24.5 Å². The third kappa shape index (κ3) is 5.09. The van der Waals surface area contributed by atoms with Crippen LogP contribution in [0.25, 0.3) is 0 Å². The minimum atomic E-state index is -2.78. The van der Waals surface area contributed by atoms with E-state index in [0.29, 0.717) is 18.3 Å². The van der Waals surface area contributed by atoms with E-state index in [-0.39, 0.29) is 12.4 Å². The minimum Gasteiger partial charge on any atom is -0.434 e. The van der Waals surface area contributed by atoms with Crippen molar-refractivity contribution >= 4 is 12.4 Å². The molecule has 21 heavy (non-hydrogen) atoms. The predicted molar refractivity (Wildman–Crippen MR) is 82.5 cm³/mol. The molecule has 1 N–H and O–H groups in total. The zero-order chi connectivity index (χ0) is 14.7. The lowest BCUT2D eigenvalue weighted by Gasteiger charge is -2.32. The summed E-state index contributed by atoms with van der Waals surface area (Å²) < 4.78 is 29.7. The maximum Gasteiger partial charge on any atom is 0.387 e. The summed E-state index contributed by atoms with van der Waals surface area (Å²) in [5.41, 5.74) is 2.91. The monoisotopic (exact) mass is 320 g/mol. The van der Waals surface area contributed by atoms with E-state index in [1.54, 1.807) is 6.07 Å². The van der Waals surface area contributed by atoms with Crippen LogP contribution in [0.2, 0.25) is 0 Å². The molecule has 1 saturated heterocycles. The Hall–Kier alpha value is -0.910. The minimum absolute atomic E-state index is 0. The van der Waals surface area contributed by atoms with Crippen molar-refractivity contribution < 1.29 is 13.5 Å². The molecule has 3 nitrogen and oxygen atoms in total. The zero-order valence-electron chi connectivity index (χ0n) is 12.7. The summed E-state index contributed by atoms with van der Waals surface area (Å²) in [6, 6.07) is 4.09. The van der Waals surface area contributed by atoms with Crippen LogP contribution < -0.4 is 10.1 Å². The number of rotatable bonds is 4. The molecule has 0 bridgehead atoms. The molecule has 2 rings (SSSR count). The number of hydrogen-bond acceptors (Lipinski definition) is 3. The lowest BCUT2D eigenvalue weighted by atomic mass is 10.0. The van der Waals surface area contributed by atoms with E-state index in [1.165, 1.54) is 0 Å². The Morgan fingerprint density at radius 2 is 2.00 bits per heavy atom. The molecular weight excluding hydrogens is 298 g/mol. The lowest BCUT2D eigenvalue weighted by molar-refractivity contribution is -0.0508. The second-order valence-corrected chi connectivity index (χ2v) is 5.51. The fourth-order valence-corrected chi connectivity index (χ4v) is 2.58. The maximum atomic E-state index is 12.5. The van der Waals surface area contributed by atoms with Crippen molar-refractivity contribution in [3.8, 4) is 5.75 Å². The van der Waals surface area contributed by atoms with Gasteiger partial charge in [0.2, 0.25) is 0 Å². The van der Waals surface area contributed by atoms with Gasteiger partial charge in [-0.1, -0.05) is 6.07 Å². The third-order valence-corrected chi connectivity index (χ3v) is 3.74. The van der Waals surface area contributed by atoms with Crippen LogP contribution in [0.15, 0.2) is 12.1 Å². The molecule has 0 radical (unpaired) electrons. The van der Waals surface area contributed by atoms with Crippen molar-refractivity contribution in [2.75, 3.05) is 19.6 Å². The SMILES string of the molecule is Cc1cc(CN2CCN[C@@H](C)C2)c(OC(F)F)cc1C.Cl. The van der Waals surface area contributed by atoms with Gasteiger partial charge in [0.15, 0.2) is 0 Å². The van der Waals surface area contributed by atoms with Gasteiger partial charge in [-0.05, 0) is 38.0 Å². The quantitative estimate of drug-likeness (QED) is 0.922. The van der Waals surface area contributed by atoms with Gasteiger partial charge in [0, 0.05) is 37.8 Å². The van der Waals surface area contributed by atoms with Crippen LogP contribution in [0.4, 0.5) is 8.78 Å². The molecule has 1 heterocycles. The van der Waals surface area contributed by atoms with Crippen LogP contribution in [-0.4, -0.2) is 37.2 Å². The number of ether oxygens (including phenoxy) is 1. The molecule has 0 spiro atoms. The Bertz CT molecular complexity index is 471. The summed E-state index contributed by atoms with van der Waals surface area (Å²) in [4.78, 5) is 2.27. The van der Waals surface area contributed by atoms with Gasteiger partial charge in [-0.15, -0.1) is 12.4 Å². The van der Waals surface area contributed by atoms with Crippen molar-refractivity contribution in [1.29, 1.82) is 0 Å². The second kappa shape index (κ2) is 7.92. The molecule has 120 valence electrons. The first-order valence-corrected chi connectivity index (χ1v) is 6.96. The molecule has 0 saturated carbocycles. The van der Waals surface area contributed by atoms with E-state index in [2.05, 4.69) is 21.9 Å². The molecular formula is C15H23ClF2N2O. The summed E-state index contributed by atoms with van der Waals surface area (Å²) in [5.74, 6) is 0.300. The Balaban J connectivity index is 0.00000220. The smallest absolute Gasteiger partial charge is 0.387 e. The Morgan fingerprint density at radius 1 is 1.33 bits per heavy atom. The van der Waals surface area contributed by atoms with E-state index in [9.17, 15) is 8.78 Å². The molecule has 1 aromatic carbocycles. The van der Waals surface area contributed by atoms with Crippen molar-refractivity contribution in [2.45, 2.75) is 40.0 Å². The number of halogens is 3. The largest absolute Gasteiger partial charge is 0.434 e. The van der Waals surface area contributed by atoms with E-state index >= 15 is 0 Å². The average molecular weight is 321 g/mol. The zero-order valence-corrected chi connectivity index (χ0v) is 13.5. The summed E-state index contributed by atoms with van der Waals surface area (Å²) in [7, 11) is 0. The summed E-state index contributed by atoms with van der Waals surface area (Å²) in [6.07, 6.45) is 0. The van der Waals surface area contributed by atoms with Crippen molar-refractivity contribution in [3.63, 3.8) is 0 Å². The third-order valence-electron chi connectivity index (χ3n) is 3.74. The molecule has 0 aromatic heterocycles. The number of nitrogens with one attached hydrogen (secondary N) is 1. The number of benzene rings is 1. The highest BCUT2D eigenvalue weighted by Gasteiger charge is 2.19. The van der Waals surface area contributed by atoms with Crippen LogP contribution in [0.3, 0.4) is 0 Å². The van der Waals surface area contributed by atoms with Crippen LogP contribution in [0, 0.1) is 13.8 Å². The molecule has 1 aliphatic heterocycles. The van der Waals surface area contributed by atoms with Gasteiger partial charge in [-0.2, -0.15) is 8.78 Å². The Kier molecular flexibility index (Phi) is 6.84. The van der Waals surface area contributed by atoms with E-state index in [4.69, 9.17) is 0 Å². The average Bonchev–Trinajstić information content (AvgIpc) is 2.35. The van der Waals surface area contributed by atoms with Gasteiger partial charge < -0.3 is 10.1 Å². The number of hydrogen-bond donors (Lipinski definition) is 1. The van der Waals surface area contributed by atoms with Crippen LogP contribution in [0.1, 0.15) is 23.6 Å². The fourth-order valence-electron chi connectivity index (χ4n) is 2.58. The number of alkyl halides is 2. The van der Waals surface area contributed by atoms with Crippen LogP contribution >= 0.6 is 12.4 Å². The first-order valence-electron chi connectivity index (χ1n) is 6.96. The van der Waals surface area contributed by atoms with E-state index < -0.39 is 6.61 Å². The van der Waals surface area contributed by atoms with Gasteiger partial charge >= 0.3 is 6.61 Å². The van der Waals surface area contributed by atoms with E-state index in [1.807, 2.05) is 19.9 Å². The van der Waals surface area contributed by atoms with Gasteiger partial charge in [-0.25, -0.2) is 0 Å². The summed E-state index contributed by atoms with van der Waals surface area (Å²) in [5, 5.41) is 3.37. The molecule has 0 unspecified atom stereocenters. The molecule has 1 aliphatic rings. The number of aryl methyl sites for hydroxylation is 2.